The first-order valence-electron chi connectivity index (χ1n) is 4.26. The van der Waals surface area contributed by atoms with Gasteiger partial charge in [0.2, 0.25) is 0 Å². The Morgan fingerprint density at radius 2 is 1.55 bits per heavy atom. The minimum atomic E-state index is 0.750. The van der Waals surface area contributed by atoms with Gasteiger partial charge < -0.3 is 4.79 Å². The van der Waals surface area contributed by atoms with Gasteiger partial charge in [0, 0.05) is 6.42 Å². The van der Waals surface area contributed by atoms with Gasteiger partial charge in [0.1, 0.15) is 6.29 Å². The third-order valence-electron chi connectivity index (χ3n) is 1.43. The van der Waals surface area contributed by atoms with E-state index in [-0.39, 0.29) is 0 Å². The molecule has 0 rings (SSSR count). The zero-order valence-electron chi connectivity index (χ0n) is 7.64. The van der Waals surface area contributed by atoms with E-state index in [1.165, 1.54) is 25.7 Å². The molecule has 0 heterocycles. The van der Waals surface area contributed by atoms with Crippen molar-refractivity contribution in [2.75, 3.05) is 7.11 Å². The molecule has 0 N–H and O–H groups in total. The Morgan fingerprint density at radius 3 is 2.00 bits per heavy atom. The fourth-order valence-corrected chi connectivity index (χ4v) is 0.831. The fraction of sp³-hybridized carbons (Fsp3) is 0.889. The van der Waals surface area contributed by atoms with E-state index in [9.17, 15) is 4.79 Å². The molecule has 1 radical (unpaired) electrons. The van der Waals surface area contributed by atoms with Crippen LogP contribution >= 0.6 is 0 Å². The van der Waals surface area contributed by atoms with Gasteiger partial charge in [0.05, 0.1) is 7.11 Å². The molecule has 0 spiro atoms. The molecule has 0 atom stereocenters. The predicted octanol–water partition coefficient (Wildman–Crippen LogP) is 2.59. The minimum Gasteiger partial charge on any atom is -0.303 e. The number of hydrogen-bond donors (Lipinski definition) is 0. The van der Waals surface area contributed by atoms with E-state index >= 15 is 0 Å². The van der Waals surface area contributed by atoms with E-state index < -0.39 is 0 Å². The van der Waals surface area contributed by atoms with Crippen LogP contribution in [0.15, 0.2) is 0 Å². The summed E-state index contributed by atoms with van der Waals surface area (Å²) in [6.45, 7) is 2.19. The molecule has 0 saturated heterocycles. The van der Waals surface area contributed by atoms with Crippen molar-refractivity contribution >= 4 is 6.29 Å². The Bertz CT molecular complexity index is 62.6. The van der Waals surface area contributed by atoms with Crippen molar-refractivity contribution in [3.63, 3.8) is 0 Å². The summed E-state index contributed by atoms with van der Waals surface area (Å²) < 4.78 is 0. The molecular weight excluding hydrogens is 140 g/mol. The highest BCUT2D eigenvalue weighted by Gasteiger charge is 1.85. The molecule has 0 fully saturated rings. The second-order valence-corrected chi connectivity index (χ2v) is 2.37. The van der Waals surface area contributed by atoms with Crippen molar-refractivity contribution < 1.29 is 9.90 Å². The van der Waals surface area contributed by atoms with Crippen LogP contribution in [0.2, 0.25) is 0 Å². The molecule has 0 aromatic heterocycles. The Balaban J connectivity index is 0. The van der Waals surface area contributed by atoms with Crippen LogP contribution in [0.5, 0.6) is 0 Å². The fourth-order valence-electron chi connectivity index (χ4n) is 0.831. The number of rotatable bonds is 6. The zero-order chi connectivity index (χ0) is 8.95. The van der Waals surface area contributed by atoms with Gasteiger partial charge in [-0.15, -0.1) is 0 Å². The van der Waals surface area contributed by atoms with Crippen molar-refractivity contribution in [1.82, 2.24) is 0 Å². The Labute approximate surface area is 69.6 Å². The molecule has 0 aromatic rings. The van der Waals surface area contributed by atoms with E-state index in [1.54, 1.807) is 0 Å². The van der Waals surface area contributed by atoms with E-state index in [0.29, 0.717) is 0 Å². The summed E-state index contributed by atoms with van der Waals surface area (Å²) in [5.41, 5.74) is 0. The highest BCUT2D eigenvalue weighted by atomic mass is 16.2. The van der Waals surface area contributed by atoms with E-state index in [0.717, 1.165) is 26.2 Å². The first-order chi connectivity index (χ1) is 5.41. The van der Waals surface area contributed by atoms with Gasteiger partial charge in [-0.1, -0.05) is 32.6 Å². The quantitative estimate of drug-likeness (QED) is 0.433. The summed E-state index contributed by atoms with van der Waals surface area (Å²) in [6, 6.07) is 0. The van der Waals surface area contributed by atoms with E-state index in [1.807, 2.05) is 0 Å². The Hall–Kier alpha value is -0.370. The monoisotopic (exact) mass is 159 g/mol. The standard InChI is InChI=1S/C8H16O.CH3O/c1-2-3-4-5-6-7-8-9;1-2/h8H,2-7H2,1H3;1H3. The first-order valence-corrected chi connectivity index (χ1v) is 4.26. The Morgan fingerprint density at radius 1 is 1.00 bits per heavy atom. The highest BCUT2D eigenvalue weighted by Crippen LogP contribution is 2.02. The molecule has 0 bridgehead atoms. The number of carbonyl (C=O) groups is 1. The SMILES string of the molecule is CCCCCCCC=O.C[O]. The van der Waals surface area contributed by atoms with Crippen molar-refractivity contribution in [1.29, 1.82) is 0 Å². The van der Waals surface area contributed by atoms with Crippen LogP contribution in [0, 0.1) is 0 Å². The topological polar surface area (TPSA) is 37.0 Å². The number of carbonyl (C=O) groups excluding carboxylic acids is 1. The van der Waals surface area contributed by atoms with E-state index in [2.05, 4.69) is 6.92 Å². The Kier molecular flexibility index (Phi) is 19.6. The first kappa shape index (κ1) is 13.2. The summed E-state index contributed by atoms with van der Waals surface area (Å²) in [5.74, 6) is 0. The van der Waals surface area contributed by atoms with Gasteiger partial charge >= 0.3 is 0 Å². The third-order valence-corrected chi connectivity index (χ3v) is 1.43. The third kappa shape index (κ3) is 17.7. The van der Waals surface area contributed by atoms with Crippen LogP contribution in [0.4, 0.5) is 0 Å². The highest BCUT2D eigenvalue weighted by molar-refractivity contribution is 5.48. The van der Waals surface area contributed by atoms with Crippen LogP contribution in [0.1, 0.15) is 45.4 Å². The molecule has 0 amide bonds. The lowest BCUT2D eigenvalue weighted by atomic mass is 10.1. The molecular formula is C9H19O2. The molecule has 11 heavy (non-hydrogen) atoms. The largest absolute Gasteiger partial charge is 0.303 e. The molecule has 0 unspecified atom stereocenters. The normalized spacial score (nSPS) is 8.27. The molecule has 0 saturated carbocycles. The van der Waals surface area contributed by atoms with Crippen LogP contribution in [-0.4, -0.2) is 13.4 Å². The van der Waals surface area contributed by atoms with Gasteiger partial charge in [-0.2, -0.15) is 0 Å². The van der Waals surface area contributed by atoms with Crippen molar-refractivity contribution in [2.24, 2.45) is 0 Å². The van der Waals surface area contributed by atoms with Gasteiger partial charge in [0.25, 0.3) is 0 Å². The predicted molar refractivity (Wildman–Crippen MR) is 46.1 cm³/mol. The van der Waals surface area contributed by atoms with Crippen LogP contribution in [0.25, 0.3) is 0 Å². The maximum atomic E-state index is 9.84. The molecule has 0 aliphatic carbocycles. The number of aldehydes is 1. The maximum absolute atomic E-state index is 9.84. The maximum Gasteiger partial charge on any atom is 0.119 e. The van der Waals surface area contributed by atoms with Gasteiger partial charge in [-0.3, -0.25) is 0 Å². The number of unbranched alkanes of at least 4 members (excludes halogenated alkanes) is 5. The van der Waals surface area contributed by atoms with Gasteiger partial charge in [0.15, 0.2) is 0 Å². The molecule has 0 aromatic carbocycles. The molecule has 2 heteroatoms. The number of hydrogen-bond acceptors (Lipinski definition) is 1. The van der Waals surface area contributed by atoms with Crippen LogP contribution in [-0.2, 0) is 9.90 Å². The summed E-state index contributed by atoms with van der Waals surface area (Å²) >= 11 is 0. The van der Waals surface area contributed by atoms with Gasteiger partial charge in [-0.25, -0.2) is 5.11 Å². The lowest BCUT2D eigenvalue weighted by molar-refractivity contribution is -0.107. The second-order valence-electron chi connectivity index (χ2n) is 2.37. The lowest BCUT2D eigenvalue weighted by Crippen LogP contribution is -1.78. The summed E-state index contributed by atoms with van der Waals surface area (Å²) in [7, 11) is 0.750. The van der Waals surface area contributed by atoms with Gasteiger partial charge in [-0.05, 0) is 6.42 Å². The molecule has 0 aliphatic heterocycles. The zero-order valence-corrected chi connectivity index (χ0v) is 7.64. The van der Waals surface area contributed by atoms with Crippen molar-refractivity contribution in [3.05, 3.63) is 0 Å². The lowest BCUT2D eigenvalue weighted by Gasteiger charge is -1.93. The van der Waals surface area contributed by atoms with Crippen molar-refractivity contribution in [3.8, 4) is 0 Å². The summed E-state index contributed by atoms with van der Waals surface area (Å²) in [6.07, 6.45) is 7.97. The average Bonchev–Trinajstić information content (AvgIpc) is 2.08. The van der Waals surface area contributed by atoms with Crippen molar-refractivity contribution in [2.45, 2.75) is 45.4 Å². The molecule has 67 valence electrons. The van der Waals surface area contributed by atoms with Crippen LogP contribution in [0.3, 0.4) is 0 Å². The van der Waals surface area contributed by atoms with Crippen LogP contribution < -0.4 is 0 Å². The summed E-state index contributed by atoms with van der Waals surface area (Å²) in [4.78, 5) is 9.84. The smallest absolute Gasteiger partial charge is 0.119 e. The molecule has 0 aliphatic rings. The minimum absolute atomic E-state index is 0.750. The molecule has 2 nitrogen and oxygen atoms in total. The summed E-state index contributed by atoms with van der Waals surface area (Å²) in [5, 5.41) is 8.25. The average molecular weight is 159 g/mol. The van der Waals surface area contributed by atoms with E-state index in [4.69, 9.17) is 5.11 Å². The second kappa shape index (κ2) is 16.3.